The number of aliphatic hydroxyl groups is 1. The molecule has 1 fully saturated rings. The van der Waals surface area contributed by atoms with Crippen LogP contribution in [0.5, 0.6) is 0 Å². The molecule has 0 bridgehead atoms. The van der Waals surface area contributed by atoms with Gasteiger partial charge in [0.1, 0.15) is 5.60 Å². The van der Waals surface area contributed by atoms with Crippen LogP contribution < -0.4 is 0 Å². The van der Waals surface area contributed by atoms with Crippen molar-refractivity contribution in [2.45, 2.75) is 51.7 Å². The fourth-order valence-electron chi connectivity index (χ4n) is 1.70. The highest BCUT2D eigenvalue weighted by atomic mass is 16.6. The molecular weight excluding hydrogens is 194 g/mol. The van der Waals surface area contributed by atoms with Gasteiger partial charge in [0.05, 0.1) is 12.1 Å². The lowest BCUT2D eigenvalue weighted by Gasteiger charge is -2.37. The fraction of sp³-hybridized carbons (Fsp3) is 0.909. The van der Waals surface area contributed by atoms with Gasteiger partial charge < -0.3 is 14.7 Å². The van der Waals surface area contributed by atoms with Crippen LogP contribution in [0.15, 0.2) is 0 Å². The van der Waals surface area contributed by atoms with Gasteiger partial charge in [0, 0.05) is 6.54 Å². The van der Waals surface area contributed by atoms with Gasteiger partial charge in [-0.1, -0.05) is 0 Å². The highest BCUT2D eigenvalue weighted by Gasteiger charge is 2.32. The first-order chi connectivity index (χ1) is 6.70. The third-order valence-electron chi connectivity index (χ3n) is 2.33. The smallest absolute Gasteiger partial charge is 0.410 e. The van der Waals surface area contributed by atoms with E-state index in [4.69, 9.17) is 4.74 Å². The van der Waals surface area contributed by atoms with E-state index in [9.17, 15) is 9.90 Å². The van der Waals surface area contributed by atoms with Crippen LogP contribution in [0.3, 0.4) is 0 Å². The Labute approximate surface area is 91.2 Å². The van der Waals surface area contributed by atoms with E-state index in [1.165, 1.54) is 0 Å². The third-order valence-corrected chi connectivity index (χ3v) is 2.33. The van der Waals surface area contributed by atoms with Crippen LogP contribution in [-0.4, -0.2) is 40.4 Å². The van der Waals surface area contributed by atoms with Crippen molar-refractivity contribution in [3.8, 4) is 0 Å². The molecule has 0 radical (unpaired) electrons. The molecule has 1 saturated heterocycles. The molecule has 1 unspecified atom stereocenters. The average Bonchev–Trinajstić information content (AvgIpc) is 1.99. The molecule has 0 aromatic rings. The van der Waals surface area contributed by atoms with Crippen LogP contribution in [0.25, 0.3) is 0 Å². The van der Waals surface area contributed by atoms with Crippen molar-refractivity contribution < 1.29 is 14.6 Å². The van der Waals surface area contributed by atoms with Gasteiger partial charge in [0.25, 0.3) is 0 Å². The molecular formula is C11H21NO3. The predicted octanol–water partition coefficient (Wildman–Crippen LogP) is 1.77. The quantitative estimate of drug-likeness (QED) is 0.670. The summed E-state index contributed by atoms with van der Waals surface area (Å²) in [6.07, 6.45) is 1.24. The molecule has 15 heavy (non-hydrogen) atoms. The number of carbonyl (C=O) groups excluding carboxylic acids is 1. The molecule has 1 aliphatic rings. The fourth-order valence-corrected chi connectivity index (χ4v) is 1.70. The van der Waals surface area contributed by atoms with Crippen LogP contribution >= 0.6 is 0 Å². The lowest BCUT2D eigenvalue weighted by molar-refractivity contribution is -0.0327. The maximum atomic E-state index is 11.7. The Kier molecular flexibility index (Phi) is 3.28. The average molecular weight is 215 g/mol. The van der Waals surface area contributed by atoms with E-state index < -0.39 is 11.2 Å². The third kappa shape index (κ3) is 4.08. The highest BCUT2D eigenvalue weighted by molar-refractivity contribution is 5.68. The zero-order valence-corrected chi connectivity index (χ0v) is 10.0. The van der Waals surface area contributed by atoms with E-state index in [0.29, 0.717) is 13.1 Å². The normalized spacial score (nSPS) is 27.7. The minimum absolute atomic E-state index is 0.331. The number of carbonyl (C=O) groups is 1. The zero-order chi connectivity index (χ0) is 11.7. The summed E-state index contributed by atoms with van der Waals surface area (Å²) >= 11 is 0. The summed E-state index contributed by atoms with van der Waals surface area (Å²) in [5.41, 5.74) is -1.24. The first-order valence-electron chi connectivity index (χ1n) is 5.40. The Morgan fingerprint density at radius 2 is 2.07 bits per heavy atom. The number of rotatable bonds is 0. The first kappa shape index (κ1) is 12.3. The standard InChI is InChI=1S/C11H21NO3/c1-10(2,3)15-9(13)12-7-5-6-11(4,14)8-12/h14H,5-8H2,1-4H3. The number of ether oxygens (including phenoxy) is 1. The molecule has 0 spiro atoms. The Hall–Kier alpha value is -0.770. The molecule has 0 aromatic heterocycles. The van der Waals surface area contributed by atoms with E-state index >= 15 is 0 Å². The SMILES string of the molecule is CC1(O)CCCN(C(=O)OC(C)(C)C)C1. The number of hydrogen-bond donors (Lipinski definition) is 1. The van der Waals surface area contributed by atoms with Crippen molar-refractivity contribution in [2.24, 2.45) is 0 Å². The Bertz CT molecular complexity index is 243. The maximum absolute atomic E-state index is 11.7. The number of likely N-dealkylation sites (tertiary alicyclic amines) is 1. The van der Waals surface area contributed by atoms with Crippen molar-refractivity contribution in [3.05, 3.63) is 0 Å². The Morgan fingerprint density at radius 1 is 1.47 bits per heavy atom. The summed E-state index contributed by atoms with van der Waals surface area (Å²) in [6, 6.07) is 0. The van der Waals surface area contributed by atoms with Crippen LogP contribution in [-0.2, 0) is 4.74 Å². The number of hydrogen-bond acceptors (Lipinski definition) is 3. The summed E-state index contributed by atoms with van der Waals surface area (Å²) < 4.78 is 5.25. The first-order valence-corrected chi connectivity index (χ1v) is 5.40. The van der Waals surface area contributed by atoms with Gasteiger partial charge in [0.2, 0.25) is 0 Å². The van der Waals surface area contributed by atoms with Crippen molar-refractivity contribution >= 4 is 6.09 Å². The number of piperidine rings is 1. The van der Waals surface area contributed by atoms with E-state index in [1.807, 2.05) is 20.8 Å². The number of amides is 1. The Balaban J connectivity index is 2.53. The van der Waals surface area contributed by atoms with Crippen molar-refractivity contribution in [1.82, 2.24) is 4.90 Å². The zero-order valence-electron chi connectivity index (χ0n) is 10.0. The minimum Gasteiger partial charge on any atom is -0.444 e. The molecule has 0 aliphatic carbocycles. The highest BCUT2D eigenvalue weighted by Crippen LogP contribution is 2.21. The monoisotopic (exact) mass is 215 g/mol. The molecule has 4 heteroatoms. The second kappa shape index (κ2) is 4.00. The van der Waals surface area contributed by atoms with Gasteiger partial charge >= 0.3 is 6.09 Å². The van der Waals surface area contributed by atoms with Gasteiger partial charge in [-0.2, -0.15) is 0 Å². The van der Waals surface area contributed by atoms with E-state index in [-0.39, 0.29) is 6.09 Å². The van der Waals surface area contributed by atoms with Crippen molar-refractivity contribution in [1.29, 1.82) is 0 Å². The summed E-state index contributed by atoms with van der Waals surface area (Å²) in [5, 5.41) is 9.84. The van der Waals surface area contributed by atoms with Gasteiger partial charge in [-0.05, 0) is 40.5 Å². The summed E-state index contributed by atoms with van der Waals surface area (Å²) in [4.78, 5) is 13.3. The second-order valence-electron chi connectivity index (χ2n) is 5.50. The molecule has 0 aromatic carbocycles. The van der Waals surface area contributed by atoms with E-state index in [1.54, 1.807) is 11.8 Å². The molecule has 88 valence electrons. The van der Waals surface area contributed by atoms with Crippen LogP contribution in [0.4, 0.5) is 4.79 Å². The van der Waals surface area contributed by atoms with E-state index in [2.05, 4.69) is 0 Å². The number of β-amino-alcohol motifs (C(OH)–C–C–N with tert-alkyl or cyclic N) is 1. The van der Waals surface area contributed by atoms with Crippen molar-refractivity contribution in [3.63, 3.8) is 0 Å². The van der Waals surface area contributed by atoms with Gasteiger partial charge in [-0.3, -0.25) is 0 Å². The molecule has 1 heterocycles. The topological polar surface area (TPSA) is 49.8 Å². The maximum Gasteiger partial charge on any atom is 0.410 e. The van der Waals surface area contributed by atoms with Gasteiger partial charge in [-0.15, -0.1) is 0 Å². The lowest BCUT2D eigenvalue weighted by atomic mass is 9.95. The summed E-state index contributed by atoms with van der Waals surface area (Å²) in [6.45, 7) is 8.31. The van der Waals surface area contributed by atoms with E-state index in [0.717, 1.165) is 12.8 Å². The Morgan fingerprint density at radius 3 is 2.53 bits per heavy atom. The lowest BCUT2D eigenvalue weighted by Crippen LogP contribution is -2.49. The molecule has 1 amide bonds. The van der Waals surface area contributed by atoms with Crippen LogP contribution in [0.1, 0.15) is 40.5 Å². The molecule has 1 rings (SSSR count). The predicted molar refractivity (Wildman–Crippen MR) is 57.7 cm³/mol. The van der Waals surface area contributed by atoms with Crippen molar-refractivity contribution in [2.75, 3.05) is 13.1 Å². The minimum atomic E-state index is -0.769. The largest absolute Gasteiger partial charge is 0.444 e. The molecule has 4 nitrogen and oxygen atoms in total. The number of nitrogens with zero attached hydrogens (tertiary/aromatic N) is 1. The summed E-state index contributed by atoms with van der Waals surface area (Å²) in [7, 11) is 0. The molecule has 1 N–H and O–H groups in total. The van der Waals surface area contributed by atoms with Crippen LogP contribution in [0.2, 0.25) is 0 Å². The summed E-state index contributed by atoms with van der Waals surface area (Å²) in [5.74, 6) is 0. The van der Waals surface area contributed by atoms with Gasteiger partial charge in [-0.25, -0.2) is 4.79 Å². The van der Waals surface area contributed by atoms with Gasteiger partial charge in [0.15, 0.2) is 0 Å². The molecule has 1 atom stereocenters. The molecule has 0 saturated carbocycles. The molecule has 1 aliphatic heterocycles. The second-order valence-corrected chi connectivity index (χ2v) is 5.50. The van der Waals surface area contributed by atoms with Crippen LogP contribution in [0, 0.1) is 0 Å².